The standard InChI is InChI=1S/C11H15NO2/c1-8(2)7-14-11(13)10-5-4-6-12-9(10)3/h4-6,8H,7H2,1-3H3. The second-order valence-electron chi connectivity index (χ2n) is 3.63. The fourth-order valence-electron chi connectivity index (χ4n) is 1.02. The number of nitrogens with zero attached hydrogens (tertiary/aromatic N) is 1. The minimum absolute atomic E-state index is 0.288. The lowest BCUT2D eigenvalue weighted by Crippen LogP contribution is -2.11. The van der Waals surface area contributed by atoms with Gasteiger partial charge in [0.25, 0.3) is 0 Å². The molecular formula is C11H15NO2. The summed E-state index contributed by atoms with van der Waals surface area (Å²) >= 11 is 0. The predicted octanol–water partition coefficient (Wildman–Crippen LogP) is 2.20. The lowest BCUT2D eigenvalue weighted by atomic mass is 10.2. The molecule has 3 heteroatoms. The van der Waals surface area contributed by atoms with Crippen molar-refractivity contribution >= 4 is 5.97 Å². The zero-order valence-corrected chi connectivity index (χ0v) is 8.78. The second kappa shape index (κ2) is 4.74. The summed E-state index contributed by atoms with van der Waals surface area (Å²) < 4.78 is 5.09. The minimum atomic E-state index is -0.288. The van der Waals surface area contributed by atoms with Crippen LogP contribution in [0.25, 0.3) is 0 Å². The van der Waals surface area contributed by atoms with Gasteiger partial charge in [0, 0.05) is 6.20 Å². The van der Waals surface area contributed by atoms with Crippen molar-refractivity contribution in [2.75, 3.05) is 6.61 Å². The van der Waals surface area contributed by atoms with Crippen molar-refractivity contribution < 1.29 is 9.53 Å². The third-order valence-electron chi connectivity index (χ3n) is 1.77. The summed E-state index contributed by atoms with van der Waals surface area (Å²) in [7, 11) is 0. The van der Waals surface area contributed by atoms with E-state index in [0.717, 1.165) is 0 Å². The van der Waals surface area contributed by atoms with E-state index in [1.54, 1.807) is 25.3 Å². The summed E-state index contributed by atoms with van der Waals surface area (Å²) in [5, 5.41) is 0. The van der Waals surface area contributed by atoms with Crippen molar-refractivity contribution in [3.63, 3.8) is 0 Å². The van der Waals surface area contributed by atoms with Crippen LogP contribution in [0.4, 0.5) is 0 Å². The number of ether oxygens (including phenoxy) is 1. The predicted molar refractivity (Wildman–Crippen MR) is 54.1 cm³/mol. The summed E-state index contributed by atoms with van der Waals surface area (Å²) in [6, 6.07) is 3.46. The Kier molecular flexibility index (Phi) is 3.63. The fraction of sp³-hybridized carbons (Fsp3) is 0.455. The van der Waals surface area contributed by atoms with E-state index in [2.05, 4.69) is 4.98 Å². The van der Waals surface area contributed by atoms with E-state index < -0.39 is 0 Å². The number of rotatable bonds is 3. The molecule has 1 rings (SSSR count). The maximum atomic E-state index is 11.5. The highest BCUT2D eigenvalue weighted by Gasteiger charge is 2.10. The van der Waals surface area contributed by atoms with E-state index in [1.165, 1.54) is 0 Å². The molecule has 1 heterocycles. The summed E-state index contributed by atoms with van der Waals surface area (Å²) in [6.45, 7) is 6.26. The highest BCUT2D eigenvalue weighted by Crippen LogP contribution is 2.06. The van der Waals surface area contributed by atoms with Gasteiger partial charge < -0.3 is 4.74 Å². The zero-order valence-electron chi connectivity index (χ0n) is 8.78. The molecule has 0 atom stereocenters. The maximum absolute atomic E-state index is 11.5. The summed E-state index contributed by atoms with van der Waals surface area (Å²) in [4.78, 5) is 15.5. The molecule has 0 aliphatic heterocycles. The molecule has 0 unspecified atom stereocenters. The lowest BCUT2D eigenvalue weighted by Gasteiger charge is -2.07. The number of hydrogen-bond acceptors (Lipinski definition) is 3. The van der Waals surface area contributed by atoms with Gasteiger partial charge in [0.05, 0.1) is 17.9 Å². The van der Waals surface area contributed by atoms with Crippen molar-refractivity contribution in [1.29, 1.82) is 0 Å². The van der Waals surface area contributed by atoms with Gasteiger partial charge >= 0.3 is 5.97 Å². The van der Waals surface area contributed by atoms with Crippen molar-refractivity contribution in [3.8, 4) is 0 Å². The van der Waals surface area contributed by atoms with Gasteiger partial charge in [0.1, 0.15) is 0 Å². The van der Waals surface area contributed by atoms with E-state index >= 15 is 0 Å². The normalized spacial score (nSPS) is 10.3. The largest absolute Gasteiger partial charge is 0.462 e. The van der Waals surface area contributed by atoms with E-state index in [9.17, 15) is 4.79 Å². The SMILES string of the molecule is Cc1ncccc1C(=O)OCC(C)C. The first kappa shape index (κ1) is 10.7. The summed E-state index contributed by atoms with van der Waals surface area (Å²) in [6.07, 6.45) is 1.66. The Labute approximate surface area is 84.1 Å². The van der Waals surface area contributed by atoms with Crippen LogP contribution in [0, 0.1) is 12.8 Å². The molecule has 0 N–H and O–H groups in total. The summed E-state index contributed by atoms with van der Waals surface area (Å²) in [5.74, 6) is 0.0697. The molecule has 14 heavy (non-hydrogen) atoms. The van der Waals surface area contributed by atoms with Gasteiger partial charge in [0.2, 0.25) is 0 Å². The fourth-order valence-corrected chi connectivity index (χ4v) is 1.02. The van der Waals surface area contributed by atoms with Crippen LogP contribution in [0.5, 0.6) is 0 Å². The molecule has 0 fully saturated rings. The number of aromatic nitrogens is 1. The zero-order chi connectivity index (χ0) is 10.6. The second-order valence-corrected chi connectivity index (χ2v) is 3.63. The van der Waals surface area contributed by atoms with Crippen molar-refractivity contribution in [3.05, 3.63) is 29.6 Å². The first-order chi connectivity index (χ1) is 6.61. The average Bonchev–Trinajstić information content (AvgIpc) is 2.15. The Morgan fingerprint density at radius 2 is 2.29 bits per heavy atom. The van der Waals surface area contributed by atoms with Gasteiger partial charge in [-0.25, -0.2) is 4.79 Å². The van der Waals surface area contributed by atoms with Gasteiger partial charge in [0.15, 0.2) is 0 Å². The molecule has 0 saturated carbocycles. The third-order valence-corrected chi connectivity index (χ3v) is 1.77. The lowest BCUT2D eigenvalue weighted by molar-refractivity contribution is 0.0457. The smallest absolute Gasteiger partial charge is 0.339 e. The molecule has 1 aromatic heterocycles. The monoisotopic (exact) mass is 193 g/mol. The third kappa shape index (κ3) is 2.83. The van der Waals surface area contributed by atoms with Crippen LogP contribution in [0.3, 0.4) is 0 Å². The number of pyridine rings is 1. The molecule has 3 nitrogen and oxygen atoms in total. The van der Waals surface area contributed by atoms with E-state index in [0.29, 0.717) is 23.8 Å². The Balaban J connectivity index is 2.65. The van der Waals surface area contributed by atoms with E-state index in [-0.39, 0.29) is 5.97 Å². The van der Waals surface area contributed by atoms with Crippen molar-refractivity contribution in [2.24, 2.45) is 5.92 Å². The molecule has 0 aliphatic rings. The van der Waals surface area contributed by atoms with Gasteiger partial charge in [-0.3, -0.25) is 4.98 Å². The molecule has 76 valence electrons. The minimum Gasteiger partial charge on any atom is -0.462 e. The number of hydrogen-bond donors (Lipinski definition) is 0. The molecule has 0 saturated heterocycles. The topological polar surface area (TPSA) is 39.2 Å². The van der Waals surface area contributed by atoms with Crippen LogP contribution in [-0.2, 0) is 4.74 Å². The quantitative estimate of drug-likeness (QED) is 0.691. The van der Waals surface area contributed by atoms with Gasteiger partial charge in [-0.05, 0) is 25.0 Å². The molecule has 0 radical (unpaired) electrons. The molecule has 0 amide bonds. The molecule has 0 bridgehead atoms. The van der Waals surface area contributed by atoms with E-state index in [4.69, 9.17) is 4.74 Å². The Bertz CT molecular complexity index is 321. The first-order valence-corrected chi connectivity index (χ1v) is 4.70. The number of aryl methyl sites for hydroxylation is 1. The molecular weight excluding hydrogens is 178 g/mol. The van der Waals surface area contributed by atoms with Gasteiger partial charge in [-0.15, -0.1) is 0 Å². The molecule has 0 aliphatic carbocycles. The van der Waals surface area contributed by atoms with Gasteiger partial charge in [-0.1, -0.05) is 13.8 Å². The molecule has 0 aromatic carbocycles. The molecule has 0 spiro atoms. The van der Waals surface area contributed by atoms with Gasteiger partial charge in [-0.2, -0.15) is 0 Å². The highest BCUT2D eigenvalue weighted by atomic mass is 16.5. The average molecular weight is 193 g/mol. The highest BCUT2D eigenvalue weighted by molar-refractivity contribution is 5.90. The number of esters is 1. The number of carbonyl (C=O) groups is 1. The van der Waals surface area contributed by atoms with Crippen LogP contribution < -0.4 is 0 Å². The Morgan fingerprint density at radius 1 is 1.57 bits per heavy atom. The van der Waals surface area contributed by atoms with Crippen LogP contribution in [-0.4, -0.2) is 17.6 Å². The Hall–Kier alpha value is -1.38. The first-order valence-electron chi connectivity index (χ1n) is 4.70. The Morgan fingerprint density at radius 3 is 2.86 bits per heavy atom. The maximum Gasteiger partial charge on any atom is 0.339 e. The van der Waals surface area contributed by atoms with E-state index in [1.807, 2.05) is 13.8 Å². The van der Waals surface area contributed by atoms with Crippen LogP contribution >= 0.6 is 0 Å². The van der Waals surface area contributed by atoms with Crippen molar-refractivity contribution in [1.82, 2.24) is 4.98 Å². The molecule has 1 aromatic rings. The summed E-state index contributed by atoms with van der Waals surface area (Å²) in [5.41, 5.74) is 1.26. The van der Waals surface area contributed by atoms with Crippen LogP contribution in [0.2, 0.25) is 0 Å². The van der Waals surface area contributed by atoms with Crippen LogP contribution in [0.15, 0.2) is 18.3 Å². The van der Waals surface area contributed by atoms with Crippen molar-refractivity contribution in [2.45, 2.75) is 20.8 Å². The number of carbonyl (C=O) groups excluding carboxylic acids is 1. The van der Waals surface area contributed by atoms with Crippen LogP contribution in [0.1, 0.15) is 29.9 Å².